The monoisotopic (exact) mass is 306 g/mol. The van der Waals surface area contributed by atoms with Crippen molar-refractivity contribution >= 4 is 27.6 Å². The van der Waals surface area contributed by atoms with Crippen molar-refractivity contribution in [1.29, 1.82) is 0 Å². The molecule has 1 atom stereocenters. The number of hydrogen-bond donors (Lipinski definition) is 2. The molecule has 0 unspecified atom stereocenters. The van der Waals surface area contributed by atoms with Crippen LogP contribution in [-0.4, -0.2) is 30.5 Å². The van der Waals surface area contributed by atoms with Crippen LogP contribution in [0, 0.1) is 5.92 Å². The number of carbonyl (C=O) groups is 1. The van der Waals surface area contributed by atoms with Crippen molar-refractivity contribution in [1.82, 2.24) is 9.71 Å². The van der Waals surface area contributed by atoms with Gasteiger partial charge < -0.3 is 5.11 Å². The highest BCUT2D eigenvalue weighted by atomic mass is 35.5. The lowest BCUT2D eigenvalue weighted by Gasteiger charge is -2.16. The molecule has 0 bridgehead atoms. The topological polar surface area (TPSA) is 96.4 Å². The van der Waals surface area contributed by atoms with Gasteiger partial charge in [-0.05, 0) is 24.5 Å². The first kappa shape index (κ1) is 15.9. The highest BCUT2D eigenvalue weighted by molar-refractivity contribution is 7.89. The van der Waals surface area contributed by atoms with Gasteiger partial charge in [-0.25, -0.2) is 13.4 Å². The van der Waals surface area contributed by atoms with E-state index in [1.807, 2.05) is 0 Å². The Morgan fingerprint density at radius 3 is 2.63 bits per heavy atom. The van der Waals surface area contributed by atoms with Crippen LogP contribution in [0.25, 0.3) is 0 Å². The fourth-order valence-electron chi connectivity index (χ4n) is 1.49. The van der Waals surface area contributed by atoms with E-state index in [0.29, 0.717) is 0 Å². The lowest BCUT2D eigenvalue weighted by Crippen LogP contribution is -2.41. The Hall–Kier alpha value is -1.18. The number of rotatable bonds is 6. The predicted molar refractivity (Wildman–Crippen MR) is 70.4 cm³/mol. The maximum atomic E-state index is 12.1. The van der Waals surface area contributed by atoms with Crippen LogP contribution in [0.4, 0.5) is 0 Å². The average Bonchev–Trinajstić information content (AvgIpc) is 2.27. The summed E-state index contributed by atoms with van der Waals surface area (Å²) in [6, 6.07) is 1.49. The molecule has 1 aromatic rings. The summed E-state index contributed by atoms with van der Waals surface area (Å²) in [6.07, 6.45) is 1.54. The third-order valence-electron chi connectivity index (χ3n) is 2.32. The molecular formula is C11H15ClN2O4S. The Balaban J connectivity index is 3.01. The standard InChI is InChI=1S/C11H15ClN2O4S/c1-7(2)6-8(11(15)16)14-19(17,18)9-4-3-5-13-10(9)12/h3-5,7-8,14H,6H2,1-2H3,(H,15,16)/t8-/m0/s1. The molecule has 0 aliphatic carbocycles. The summed E-state index contributed by atoms with van der Waals surface area (Å²) < 4.78 is 26.2. The lowest BCUT2D eigenvalue weighted by molar-refractivity contribution is -0.139. The van der Waals surface area contributed by atoms with E-state index in [9.17, 15) is 13.2 Å². The quantitative estimate of drug-likeness (QED) is 0.777. The molecule has 0 radical (unpaired) electrons. The van der Waals surface area contributed by atoms with Crippen molar-refractivity contribution in [3.63, 3.8) is 0 Å². The highest BCUT2D eigenvalue weighted by Crippen LogP contribution is 2.18. The number of halogens is 1. The van der Waals surface area contributed by atoms with Gasteiger partial charge in [0.25, 0.3) is 0 Å². The van der Waals surface area contributed by atoms with E-state index < -0.39 is 22.0 Å². The van der Waals surface area contributed by atoms with Crippen LogP contribution in [0.15, 0.2) is 23.2 Å². The van der Waals surface area contributed by atoms with Crippen molar-refractivity contribution < 1.29 is 18.3 Å². The number of aliphatic carboxylic acids is 1. The molecule has 0 aliphatic heterocycles. The van der Waals surface area contributed by atoms with Crippen LogP contribution >= 0.6 is 11.6 Å². The highest BCUT2D eigenvalue weighted by Gasteiger charge is 2.27. The normalized spacial score (nSPS) is 13.5. The Labute approximate surface area is 116 Å². The van der Waals surface area contributed by atoms with Crippen molar-refractivity contribution in [2.24, 2.45) is 5.92 Å². The molecule has 19 heavy (non-hydrogen) atoms. The van der Waals surface area contributed by atoms with Gasteiger partial charge in [-0.1, -0.05) is 25.4 Å². The van der Waals surface area contributed by atoms with Crippen LogP contribution in [0.2, 0.25) is 5.15 Å². The van der Waals surface area contributed by atoms with Gasteiger partial charge in [-0.15, -0.1) is 0 Å². The summed E-state index contributed by atoms with van der Waals surface area (Å²) in [7, 11) is -4.01. The number of carboxylic acid groups (broad SMARTS) is 1. The van der Waals surface area contributed by atoms with Crippen molar-refractivity contribution in [3.8, 4) is 0 Å². The van der Waals surface area contributed by atoms with E-state index in [1.54, 1.807) is 13.8 Å². The molecule has 0 fully saturated rings. The van der Waals surface area contributed by atoms with Crippen LogP contribution in [0.3, 0.4) is 0 Å². The summed E-state index contributed by atoms with van der Waals surface area (Å²) in [6.45, 7) is 3.61. The van der Waals surface area contributed by atoms with Crippen molar-refractivity contribution in [3.05, 3.63) is 23.5 Å². The average molecular weight is 307 g/mol. The van der Waals surface area contributed by atoms with E-state index in [-0.39, 0.29) is 22.4 Å². The van der Waals surface area contributed by atoms with Gasteiger partial charge in [0.15, 0.2) is 0 Å². The molecular weight excluding hydrogens is 292 g/mol. The van der Waals surface area contributed by atoms with Gasteiger partial charge in [-0.3, -0.25) is 4.79 Å². The molecule has 6 nitrogen and oxygen atoms in total. The van der Waals surface area contributed by atoms with Gasteiger partial charge >= 0.3 is 5.97 Å². The number of pyridine rings is 1. The zero-order valence-electron chi connectivity index (χ0n) is 10.5. The minimum atomic E-state index is -4.01. The zero-order chi connectivity index (χ0) is 14.6. The number of nitrogens with zero attached hydrogens (tertiary/aromatic N) is 1. The largest absolute Gasteiger partial charge is 0.480 e. The fourth-order valence-corrected chi connectivity index (χ4v) is 3.15. The van der Waals surface area contributed by atoms with E-state index >= 15 is 0 Å². The number of nitrogens with one attached hydrogen (secondary N) is 1. The van der Waals surface area contributed by atoms with Gasteiger partial charge in [0.1, 0.15) is 16.1 Å². The zero-order valence-corrected chi connectivity index (χ0v) is 12.1. The van der Waals surface area contributed by atoms with E-state index in [1.165, 1.54) is 18.3 Å². The number of sulfonamides is 1. The summed E-state index contributed by atoms with van der Waals surface area (Å²) in [5, 5.41) is 8.84. The molecule has 106 valence electrons. The minimum absolute atomic E-state index is 0.0353. The Kier molecular flexibility index (Phi) is 5.28. The second-order valence-electron chi connectivity index (χ2n) is 4.43. The molecule has 1 rings (SSSR count). The second-order valence-corrected chi connectivity index (χ2v) is 6.47. The Morgan fingerprint density at radius 2 is 2.16 bits per heavy atom. The molecule has 0 aromatic carbocycles. The first-order valence-electron chi connectivity index (χ1n) is 5.59. The summed E-state index contributed by atoms with van der Waals surface area (Å²) >= 11 is 5.70. The maximum Gasteiger partial charge on any atom is 0.321 e. The number of carboxylic acids is 1. The third kappa shape index (κ3) is 4.45. The molecule has 0 amide bonds. The van der Waals surface area contributed by atoms with Gasteiger partial charge in [0, 0.05) is 6.20 Å². The van der Waals surface area contributed by atoms with Crippen LogP contribution in [-0.2, 0) is 14.8 Å². The molecule has 8 heteroatoms. The van der Waals surface area contributed by atoms with Crippen LogP contribution in [0.5, 0.6) is 0 Å². The first-order chi connectivity index (χ1) is 8.74. The predicted octanol–water partition coefficient (Wildman–Crippen LogP) is 1.51. The molecule has 1 heterocycles. The summed E-state index contributed by atoms with van der Waals surface area (Å²) in [4.78, 5) is 14.5. The first-order valence-corrected chi connectivity index (χ1v) is 7.46. The van der Waals surface area contributed by atoms with E-state index in [0.717, 1.165) is 0 Å². The molecule has 1 aromatic heterocycles. The van der Waals surface area contributed by atoms with Crippen molar-refractivity contribution in [2.45, 2.75) is 31.2 Å². The molecule has 0 aliphatic rings. The van der Waals surface area contributed by atoms with Crippen molar-refractivity contribution in [2.75, 3.05) is 0 Å². The molecule has 0 saturated carbocycles. The number of aromatic nitrogens is 1. The lowest BCUT2D eigenvalue weighted by atomic mass is 10.1. The summed E-state index contributed by atoms with van der Waals surface area (Å²) in [5.74, 6) is -1.19. The number of hydrogen-bond acceptors (Lipinski definition) is 4. The molecule has 0 spiro atoms. The fraction of sp³-hybridized carbons (Fsp3) is 0.455. The van der Waals surface area contributed by atoms with E-state index in [2.05, 4.69) is 9.71 Å². The Morgan fingerprint density at radius 1 is 1.53 bits per heavy atom. The van der Waals surface area contributed by atoms with E-state index in [4.69, 9.17) is 16.7 Å². The van der Waals surface area contributed by atoms with Crippen LogP contribution < -0.4 is 4.72 Å². The SMILES string of the molecule is CC(C)C[C@H](NS(=O)(=O)c1cccnc1Cl)C(=O)O. The Bertz CT molecular complexity index is 560. The van der Waals surface area contributed by atoms with Crippen LogP contribution in [0.1, 0.15) is 20.3 Å². The van der Waals surface area contributed by atoms with Gasteiger partial charge in [-0.2, -0.15) is 4.72 Å². The van der Waals surface area contributed by atoms with Gasteiger partial charge in [0.2, 0.25) is 10.0 Å². The summed E-state index contributed by atoms with van der Waals surface area (Å²) in [5.41, 5.74) is 0. The third-order valence-corrected chi connectivity index (χ3v) is 4.23. The second kappa shape index (κ2) is 6.31. The maximum absolute atomic E-state index is 12.1. The minimum Gasteiger partial charge on any atom is -0.480 e. The smallest absolute Gasteiger partial charge is 0.321 e. The molecule has 2 N–H and O–H groups in total. The molecule has 0 saturated heterocycles. The van der Waals surface area contributed by atoms with Gasteiger partial charge in [0.05, 0.1) is 0 Å².